The fraction of sp³-hybridized carbons (Fsp3) is 0.250. The summed E-state index contributed by atoms with van der Waals surface area (Å²) in [6, 6.07) is 7.46. The van der Waals surface area contributed by atoms with Crippen LogP contribution in [0.2, 0.25) is 0 Å². The fourth-order valence-corrected chi connectivity index (χ4v) is 4.76. The molecule has 0 saturated heterocycles. The Labute approximate surface area is 180 Å². The van der Waals surface area contributed by atoms with Crippen LogP contribution in [0, 0.1) is 18.3 Å². The summed E-state index contributed by atoms with van der Waals surface area (Å²) in [6.07, 6.45) is 3.23. The van der Waals surface area contributed by atoms with E-state index in [0.29, 0.717) is 38.9 Å². The lowest BCUT2D eigenvalue weighted by Crippen LogP contribution is -2.13. The highest BCUT2D eigenvalue weighted by atomic mass is 32.2. The molecule has 0 spiro atoms. The van der Waals surface area contributed by atoms with Gasteiger partial charge in [-0.15, -0.1) is 0 Å². The largest absolute Gasteiger partial charge is 0.463 e. The van der Waals surface area contributed by atoms with Crippen LogP contribution in [0.5, 0.6) is 0 Å². The molecule has 0 radical (unpaired) electrons. The van der Waals surface area contributed by atoms with Crippen molar-refractivity contribution in [3.05, 3.63) is 41.9 Å². The molecule has 152 valence electrons. The summed E-state index contributed by atoms with van der Waals surface area (Å²) < 4.78 is 8.18. The molecule has 1 amide bonds. The van der Waals surface area contributed by atoms with Crippen LogP contribution in [0.25, 0.3) is 22.5 Å². The van der Waals surface area contributed by atoms with Crippen molar-refractivity contribution in [3.63, 3.8) is 0 Å². The van der Waals surface area contributed by atoms with Crippen LogP contribution >= 0.6 is 23.1 Å². The molecule has 4 rings (SSSR count). The molecule has 0 bridgehead atoms. The Morgan fingerprint density at radius 2 is 2.27 bits per heavy atom. The van der Waals surface area contributed by atoms with Crippen LogP contribution in [0.15, 0.2) is 39.3 Å². The molecule has 8 nitrogen and oxygen atoms in total. The summed E-state index contributed by atoms with van der Waals surface area (Å²) >= 11 is 2.76. The highest BCUT2D eigenvalue weighted by molar-refractivity contribution is 8.01. The number of amides is 1. The first-order valence-electron chi connectivity index (χ1n) is 9.18. The predicted molar refractivity (Wildman–Crippen MR) is 117 cm³/mol. The quantitative estimate of drug-likeness (QED) is 0.426. The number of hydrogen-bond donors (Lipinski definition) is 1. The number of nitrogens with zero attached hydrogens (tertiary/aromatic N) is 5. The molecule has 0 atom stereocenters. The number of nitriles is 1. The Balaban J connectivity index is 1.74. The predicted octanol–water partition coefficient (Wildman–Crippen LogP) is 4.91. The molecule has 30 heavy (non-hydrogen) atoms. The monoisotopic (exact) mass is 438 g/mol. The van der Waals surface area contributed by atoms with Crippen molar-refractivity contribution in [3.8, 4) is 17.5 Å². The van der Waals surface area contributed by atoms with Crippen LogP contribution in [0.3, 0.4) is 0 Å². The van der Waals surface area contributed by atoms with Gasteiger partial charge < -0.3 is 4.42 Å². The van der Waals surface area contributed by atoms with Crippen molar-refractivity contribution in [1.82, 2.24) is 19.7 Å². The summed E-state index contributed by atoms with van der Waals surface area (Å²) in [5.74, 6) is 0.606. The zero-order valence-corrected chi connectivity index (χ0v) is 18.2. The minimum absolute atomic E-state index is 0.0825. The summed E-state index contributed by atoms with van der Waals surface area (Å²) in [4.78, 5) is 22.3. The number of anilines is 1. The number of fused-ring (bicyclic) bond motifs is 1. The van der Waals surface area contributed by atoms with Gasteiger partial charge >= 0.3 is 0 Å². The summed E-state index contributed by atoms with van der Waals surface area (Å²) in [5, 5.41) is 17.2. The van der Waals surface area contributed by atoms with Gasteiger partial charge in [-0.05, 0) is 39.0 Å². The van der Waals surface area contributed by atoms with Gasteiger partial charge in [0.25, 0.3) is 5.91 Å². The standard InChI is InChI=1S/C20H18N6O2S2/c1-11(2)26-17-14(10-22-26)13(9-15(24-17)16-5-4-7-28-16)18(27)25-20-23-12(3)19(30-20)29-8-6-21/h4-5,7,9-11H,8H2,1-3H3,(H,23,25,27). The third kappa shape index (κ3) is 3.81. The molecule has 10 heteroatoms. The molecule has 0 aromatic carbocycles. The first kappa shape index (κ1) is 20.1. The fourth-order valence-electron chi connectivity index (χ4n) is 2.97. The molecule has 1 N–H and O–H groups in total. The first-order valence-corrected chi connectivity index (χ1v) is 11.0. The van der Waals surface area contributed by atoms with E-state index in [4.69, 9.17) is 9.68 Å². The molecule has 0 aliphatic rings. The number of aromatic nitrogens is 4. The van der Waals surface area contributed by atoms with E-state index in [1.165, 1.54) is 23.1 Å². The Morgan fingerprint density at radius 3 is 2.97 bits per heavy atom. The maximum absolute atomic E-state index is 13.2. The smallest absolute Gasteiger partial charge is 0.258 e. The van der Waals surface area contributed by atoms with Gasteiger partial charge in [-0.1, -0.05) is 23.1 Å². The normalized spacial score (nSPS) is 11.2. The lowest BCUT2D eigenvalue weighted by atomic mass is 10.1. The molecule has 0 aliphatic heterocycles. The van der Waals surface area contributed by atoms with Gasteiger partial charge in [-0.2, -0.15) is 10.4 Å². The number of carbonyl (C=O) groups excluding carboxylic acids is 1. The molecule has 4 aromatic heterocycles. The van der Waals surface area contributed by atoms with E-state index >= 15 is 0 Å². The van der Waals surface area contributed by atoms with Crippen LogP contribution in [-0.4, -0.2) is 31.4 Å². The Kier molecular flexibility index (Phi) is 5.57. The number of nitrogens with one attached hydrogen (secondary N) is 1. The number of hydrogen-bond acceptors (Lipinski definition) is 8. The second kappa shape index (κ2) is 8.30. The van der Waals surface area contributed by atoms with Gasteiger partial charge in [0.05, 0.1) is 45.1 Å². The Hall–Kier alpha value is -3.16. The van der Waals surface area contributed by atoms with Crippen molar-refractivity contribution in [2.45, 2.75) is 31.0 Å². The molecule has 0 unspecified atom stereocenters. The number of thioether (sulfide) groups is 1. The number of furan rings is 1. The van der Waals surface area contributed by atoms with Crippen molar-refractivity contribution in [2.75, 3.05) is 11.1 Å². The van der Waals surface area contributed by atoms with E-state index in [9.17, 15) is 4.79 Å². The lowest BCUT2D eigenvalue weighted by Gasteiger charge is -2.09. The number of rotatable bonds is 6. The van der Waals surface area contributed by atoms with Crippen molar-refractivity contribution < 1.29 is 9.21 Å². The molecular weight excluding hydrogens is 420 g/mol. The highest BCUT2D eigenvalue weighted by Crippen LogP contribution is 2.33. The summed E-state index contributed by atoms with van der Waals surface area (Å²) in [5.41, 5.74) is 2.40. The van der Waals surface area contributed by atoms with Gasteiger partial charge in [0.1, 0.15) is 5.69 Å². The average molecular weight is 439 g/mol. The van der Waals surface area contributed by atoms with Crippen LogP contribution in [-0.2, 0) is 0 Å². The number of pyridine rings is 1. The summed E-state index contributed by atoms with van der Waals surface area (Å²) in [7, 11) is 0. The first-order chi connectivity index (χ1) is 14.5. The highest BCUT2D eigenvalue weighted by Gasteiger charge is 2.20. The SMILES string of the molecule is Cc1nc(NC(=O)c2cc(-c3ccco3)nc3c2cnn3C(C)C)sc1SCC#N. The van der Waals surface area contributed by atoms with E-state index in [2.05, 4.69) is 26.5 Å². The van der Waals surface area contributed by atoms with Gasteiger partial charge in [0.15, 0.2) is 16.5 Å². The topological polar surface area (TPSA) is 110 Å². The van der Waals surface area contributed by atoms with Gasteiger partial charge in [-0.25, -0.2) is 14.6 Å². The molecule has 0 fully saturated rings. The zero-order chi connectivity index (χ0) is 21.3. The second-order valence-electron chi connectivity index (χ2n) is 6.75. The van der Waals surface area contributed by atoms with Crippen molar-refractivity contribution >= 4 is 45.2 Å². The van der Waals surface area contributed by atoms with Gasteiger partial charge in [0.2, 0.25) is 0 Å². The van der Waals surface area contributed by atoms with E-state index in [0.717, 1.165) is 9.90 Å². The number of carbonyl (C=O) groups is 1. The van der Waals surface area contributed by atoms with Crippen LogP contribution in [0.4, 0.5) is 5.13 Å². The second-order valence-corrected chi connectivity index (χ2v) is 8.99. The average Bonchev–Trinajstić information content (AvgIpc) is 3.45. The molecule has 4 heterocycles. The molecular formula is C20H18N6O2S2. The van der Waals surface area contributed by atoms with E-state index in [1.54, 1.807) is 35.3 Å². The van der Waals surface area contributed by atoms with Gasteiger partial charge in [-0.3, -0.25) is 10.1 Å². The third-order valence-corrected chi connectivity index (χ3v) is 6.62. The van der Waals surface area contributed by atoms with Crippen molar-refractivity contribution in [1.29, 1.82) is 5.26 Å². The van der Waals surface area contributed by atoms with Crippen molar-refractivity contribution in [2.24, 2.45) is 0 Å². The van der Waals surface area contributed by atoms with Crippen LogP contribution in [0.1, 0.15) is 35.9 Å². The molecule has 0 saturated carbocycles. The number of thiazole rings is 1. The Bertz CT molecular complexity index is 1250. The summed E-state index contributed by atoms with van der Waals surface area (Å²) in [6.45, 7) is 5.87. The van der Waals surface area contributed by atoms with E-state index in [1.807, 2.05) is 20.8 Å². The zero-order valence-electron chi connectivity index (χ0n) is 16.5. The minimum Gasteiger partial charge on any atom is -0.463 e. The maximum Gasteiger partial charge on any atom is 0.258 e. The van der Waals surface area contributed by atoms with Gasteiger partial charge in [0, 0.05) is 6.04 Å². The Morgan fingerprint density at radius 1 is 1.43 bits per heavy atom. The molecule has 4 aromatic rings. The lowest BCUT2D eigenvalue weighted by molar-refractivity contribution is 0.102. The van der Waals surface area contributed by atoms with E-state index < -0.39 is 0 Å². The van der Waals surface area contributed by atoms with Crippen LogP contribution < -0.4 is 5.32 Å². The maximum atomic E-state index is 13.2. The molecule has 0 aliphatic carbocycles. The number of aryl methyl sites for hydroxylation is 1. The van der Waals surface area contributed by atoms with E-state index in [-0.39, 0.29) is 11.9 Å². The third-order valence-electron chi connectivity index (χ3n) is 4.32. The minimum atomic E-state index is -0.302.